The molecule has 76 valence electrons. The third kappa shape index (κ3) is 2.23. The molecule has 0 bridgehead atoms. The molecule has 14 heavy (non-hydrogen) atoms. The van der Waals surface area contributed by atoms with Crippen LogP contribution in [0, 0.1) is 0 Å². The minimum atomic E-state index is -1.11. The zero-order valence-corrected chi connectivity index (χ0v) is 8.08. The van der Waals surface area contributed by atoms with Gasteiger partial charge in [0.2, 0.25) is 0 Å². The largest absolute Gasteiger partial charge is 0.480 e. The van der Waals surface area contributed by atoms with Crippen LogP contribution in [0.2, 0.25) is 5.15 Å². The van der Waals surface area contributed by atoms with Gasteiger partial charge in [-0.15, -0.1) is 0 Å². The van der Waals surface area contributed by atoms with Crippen molar-refractivity contribution in [2.75, 3.05) is 12.4 Å². The van der Waals surface area contributed by atoms with E-state index in [1.54, 1.807) is 0 Å². The van der Waals surface area contributed by atoms with E-state index < -0.39 is 18.1 Å². The molecule has 1 heterocycles. The number of aliphatic carboxylic acids is 1. The predicted molar refractivity (Wildman–Crippen MR) is 50.7 cm³/mol. The number of rotatable bonds is 3. The number of anilines is 1. The van der Waals surface area contributed by atoms with Gasteiger partial charge in [-0.2, -0.15) is 0 Å². The Bertz CT molecular complexity index is 415. The Labute approximate surface area is 84.1 Å². The molecule has 1 rings (SSSR count). The molecule has 0 saturated heterocycles. The van der Waals surface area contributed by atoms with Crippen LogP contribution >= 0.6 is 11.6 Å². The third-order valence-corrected chi connectivity index (χ3v) is 1.67. The zero-order chi connectivity index (χ0) is 10.7. The summed E-state index contributed by atoms with van der Waals surface area (Å²) in [6.45, 7) is -0.435. The van der Waals surface area contributed by atoms with E-state index in [4.69, 9.17) is 16.7 Å². The van der Waals surface area contributed by atoms with Crippen molar-refractivity contribution in [3.8, 4) is 0 Å². The van der Waals surface area contributed by atoms with Crippen molar-refractivity contribution < 1.29 is 9.90 Å². The van der Waals surface area contributed by atoms with Gasteiger partial charge in [-0.3, -0.25) is 14.2 Å². The standard InChI is InChI=1S/C7H8ClN3O3/c1-9-6-7(14)11(3-5(12)13)2-4(8)10-6/h2H,3H2,1H3,(H,9,10)(H,12,13). The molecule has 0 aliphatic carbocycles. The number of carboxylic acids is 1. The Hall–Kier alpha value is -1.56. The summed E-state index contributed by atoms with van der Waals surface area (Å²) in [6.07, 6.45) is 1.18. The van der Waals surface area contributed by atoms with Crippen molar-refractivity contribution in [2.45, 2.75) is 6.54 Å². The zero-order valence-electron chi connectivity index (χ0n) is 7.32. The van der Waals surface area contributed by atoms with Gasteiger partial charge in [0.05, 0.1) is 0 Å². The lowest BCUT2D eigenvalue weighted by Crippen LogP contribution is -2.26. The van der Waals surface area contributed by atoms with Gasteiger partial charge >= 0.3 is 5.97 Å². The van der Waals surface area contributed by atoms with E-state index in [2.05, 4.69) is 10.3 Å². The highest BCUT2D eigenvalue weighted by Gasteiger charge is 2.08. The molecule has 0 aromatic carbocycles. The van der Waals surface area contributed by atoms with Crippen LogP contribution in [-0.2, 0) is 11.3 Å². The number of nitrogens with one attached hydrogen (secondary N) is 1. The van der Waals surface area contributed by atoms with Crippen LogP contribution in [0.5, 0.6) is 0 Å². The molecule has 0 spiro atoms. The molecule has 7 heteroatoms. The van der Waals surface area contributed by atoms with Gasteiger partial charge in [0, 0.05) is 13.2 Å². The number of carboxylic acid groups (broad SMARTS) is 1. The molecule has 0 saturated carbocycles. The average molecular weight is 218 g/mol. The van der Waals surface area contributed by atoms with Gasteiger partial charge < -0.3 is 10.4 Å². The Kier molecular flexibility index (Phi) is 3.08. The molecule has 0 unspecified atom stereocenters. The SMILES string of the molecule is CNc1nc(Cl)cn(CC(=O)O)c1=O. The fraction of sp³-hybridized carbons (Fsp3) is 0.286. The first-order chi connectivity index (χ1) is 6.54. The summed E-state index contributed by atoms with van der Waals surface area (Å²) < 4.78 is 0.976. The second-order valence-corrected chi connectivity index (χ2v) is 2.88. The van der Waals surface area contributed by atoms with E-state index in [-0.39, 0.29) is 11.0 Å². The Morgan fingerprint density at radius 2 is 2.43 bits per heavy atom. The molecular weight excluding hydrogens is 210 g/mol. The fourth-order valence-corrected chi connectivity index (χ4v) is 1.14. The highest BCUT2D eigenvalue weighted by atomic mass is 35.5. The van der Waals surface area contributed by atoms with Crippen molar-refractivity contribution in [1.29, 1.82) is 0 Å². The predicted octanol–water partition coefficient (Wildman–Crippen LogP) is 0.0230. The maximum Gasteiger partial charge on any atom is 0.323 e. The van der Waals surface area contributed by atoms with Crippen molar-refractivity contribution in [1.82, 2.24) is 9.55 Å². The second-order valence-electron chi connectivity index (χ2n) is 2.49. The Morgan fingerprint density at radius 3 is 2.93 bits per heavy atom. The molecule has 1 aromatic rings. The minimum Gasteiger partial charge on any atom is -0.480 e. The highest BCUT2D eigenvalue weighted by molar-refractivity contribution is 6.29. The highest BCUT2D eigenvalue weighted by Crippen LogP contribution is 2.04. The van der Waals surface area contributed by atoms with Gasteiger partial charge in [-0.1, -0.05) is 11.6 Å². The normalized spacial score (nSPS) is 9.86. The topological polar surface area (TPSA) is 84.2 Å². The van der Waals surface area contributed by atoms with Gasteiger partial charge in [0.1, 0.15) is 11.7 Å². The van der Waals surface area contributed by atoms with Crippen LogP contribution in [-0.4, -0.2) is 27.7 Å². The number of aromatic nitrogens is 2. The van der Waals surface area contributed by atoms with E-state index in [0.29, 0.717) is 0 Å². The first-order valence-corrected chi connectivity index (χ1v) is 4.09. The van der Waals surface area contributed by atoms with Crippen molar-refractivity contribution in [2.24, 2.45) is 0 Å². The monoisotopic (exact) mass is 217 g/mol. The summed E-state index contributed by atoms with van der Waals surface area (Å²) in [7, 11) is 1.51. The summed E-state index contributed by atoms with van der Waals surface area (Å²) in [6, 6.07) is 0. The molecule has 0 aliphatic rings. The van der Waals surface area contributed by atoms with Gasteiger partial charge in [0.25, 0.3) is 5.56 Å². The lowest BCUT2D eigenvalue weighted by Gasteiger charge is -2.05. The van der Waals surface area contributed by atoms with Crippen molar-refractivity contribution in [3.05, 3.63) is 21.7 Å². The van der Waals surface area contributed by atoms with Crippen LogP contribution in [0.1, 0.15) is 0 Å². The molecule has 1 aromatic heterocycles. The van der Waals surface area contributed by atoms with Crippen LogP contribution < -0.4 is 10.9 Å². The van der Waals surface area contributed by atoms with E-state index in [1.165, 1.54) is 13.2 Å². The van der Waals surface area contributed by atoms with Crippen LogP contribution in [0.15, 0.2) is 11.0 Å². The fourth-order valence-electron chi connectivity index (χ4n) is 0.933. The summed E-state index contributed by atoms with van der Waals surface area (Å²) in [5, 5.41) is 11.1. The first-order valence-electron chi connectivity index (χ1n) is 3.71. The number of halogens is 1. The van der Waals surface area contributed by atoms with E-state index in [0.717, 1.165) is 4.57 Å². The lowest BCUT2D eigenvalue weighted by atomic mass is 10.5. The van der Waals surface area contributed by atoms with Crippen LogP contribution in [0.25, 0.3) is 0 Å². The number of hydrogen-bond acceptors (Lipinski definition) is 4. The maximum absolute atomic E-state index is 11.4. The van der Waals surface area contributed by atoms with Gasteiger partial charge in [0.15, 0.2) is 5.82 Å². The average Bonchev–Trinajstić information content (AvgIpc) is 2.09. The molecule has 2 N–H and O–H groups in total. The first kappa shape index (κ1) is 10.5. The number of carbonyl (C=O) groups is 1. The molecule has 0 atom stereocenters. The van der Waals surface area contributed by atoms with Crippen molar-refractivity contribution >= 4 is 23.4 Å². The quantitative estimate of drug-likeness (QED) is 0.746. The molecule has 0 radical (unpaired) electrons. The minimum absolute atomic E-state index is 0.0266. The number of hydrogen-bond donors (Lipinski definition) is 2. The smallest absolute Gasteiger partial charge is 0.323 e. The summed E-state index contributed by atoms with van der Waals surface area (Å²) in [5.41, 5.74) is -0.515. The Morgan fingerprint density at radius 1 is 1.79 bits per heavy atom. The maximum atomic E-state index is 11.4. The van der Waals surface area contributed by atoms with E-state index in [9.17, 15) is 9.59 Å². The summed E-state index contributed by atoms with van der Waals surface area (Å²) >= 11 is 5.58. The van der Waals surface area contributed by atoms with E-state index >= 15 is 0 Å². The summed E-state index contributed by atoms with van der Waals surface area (Å²) in [4.78, 5) is 25.5. The molecule has 0 amide bonds. The Balaban J connectivity index is 3.22. The number of nitrogens with zero attached hydrogens (tertiary/aromatic N) is 2. The van der Waals surface area contributed by atoms with Gasteiger partial charge in [-0.25, -0.2) is 4.98 Å². The second kappa shape index (κ2) is 4.10. The molecular formula is C7H8ClN3O3. The summed E-state index contributed by atoms with van der Waals surface area (Å²) in [5.74, 6) is -1.09. The van der Waals surface area contributed by atoms with E-state index in [1.807, 2.05) is 0 Å². The van der Waals surface area contributed by atoms with Crippen LogP contribution in [0.3, 0.4) is 0 Å². The molecule has 6 nitrogen and oxygen atoms in total. The van der Waals surface area contributed by atoms with Crippen molar-refractivity contribution in [3.63, 3.8) is 0 Å². The molecule has 0 fully saturated rings. The van der Waals surface area contributed by atoms with Gasteiger partial charge in [-0.05, 0) is 0 Å². The third-order valence-electron chi connectivity index (χ3n) is 1.49. The van der Waals surface area contributed by atoms with Crippen LogP contribution in [0.4, 0.5) is 5.82 Å². The molecule has 0 aliphatic heterocycles. The lowest BCUT2D eigenvalue weighted by molar-refractivity contribution is -0.137.